The highest BCUT2D eigenvalue weighted by molar-refractivity contribution is 5.13. The lowest BCUT2D eigenvalue weighted by molar-refractivity contribution is -0.397. The van der Waals surface area contributed by atoms with Crippen LogP contribution in [0.5, 0.6) is 0 Å². The van der Waals surface area contributed by atoms with Crippen LogP contribution in [0.3, 0.4) is 0 Å². The first-order chi connectivity index (χ1) is 36.9. The standard InChI is InChI=1S/C51H86O25/c1-26-34(57-5)40(59-7)38(32(68-26)25-67-21-27-18-16-15-17-19-27)76-51-47(66-14)43(62-10)37(31(72-51)24-56-4)75-50-46(65-13)42(61-9)36(30(71-50)23-55-3)74-49-45(64-12)41(60-8)35(29(70-49)22-54-2)73-48-44(63-11)39(58-6)33(53)28(20-52)69-48/h15-19,26,28-53H,20-25H2,1-14H3/t26-,28?,29?,30-,31-,32?,33+,34?,35+,36+,37+,38+,39-,40+,41-,42?,43?,44?,45?,46?,47?,48+,49-,50-,51-/m0/s1. The molecule has 0 bridgehead atoms. The highest BCUT2D eigenvalue weighted by Crippen LogP contribution is 2.39. The van der Waals surface area contributed by atoms with Gasteiger partial charge < -0.3 is 119 Å². The number of hydrogen-bond donors (Lipinski definition) is 2. The van der Waals surface area contributed by atoms with Crippen LogP contribution in [0.15, 0.2) is 30.3 Å². The van der Waals surface area contributed by atoms with E-state index in [1.165, 1.54) is 71.1 Å². The Morgan fingerprint density at radius 1 is 0.368 bits per heavy atom. The minimum Gasteiger partial charge on any atom is -0.394 e. The predicted molar refractivity (Wildman–Crippen MR) is 261 cm³/mol. The zero-order valence-electron chi connectivity index (χ0n) is 46.3. The molecule has 5 heterocycles. The normalized spacial score (nSPS) is 42.3. The molecule has 1 aromatic rings. The summed E-state index contributed by atoms with van der Waals surface area (Å²) < 4.78 is 143. The molecule has 76 heavy (non-hydrogen) atoms. The van der Waals surface area contributed by atoms with Gasteiger partial charge in [0.1, 0.15) is 122 Å². The zero-order chi connectivity index (χ0) is 55.1. The lowest BCUT2D eigenvalue weighted by Crippen LogP contribution is -2.69. The fourth-order valence-corrected chi connectivity index (χ4v) is 11.0. The zero-order valence-corrected chi connectivity index (χ0v) is 46.3. The molecule has 440 valence electrons. The second-order valence-corrected chi connectivity index (χ2v) is 19.0. The highest BCUT2D eigenvalue weighted by Gasteiger charge is 2.58. The van der Waals surface area contributed by atoms with Crippen molar-refractivity contribution in [2.45, 2.75) is 167 Å². The fourth-order valence-electron chi connectivity index (χ4n) is 11.0. The third-order valence-corrected chi connectivity index (χ3v) is 14.7. The van der Waals surface area contributed by atoms with Crippen molar-refractivity contribution in [3.63, 3.8) is 0 Å². The second kappa shape index (κ2) is 31.4. The summed E-state index contributed by atoms with van der Waals surface area (Å²) in [5, 5.41) is 21.0. The number of aliphatic hydroxyl groups is 2. The summed E-state index contributed by atoms with van der Waals surface area (Å²) in [5.74, 6) is 0. The minimum absolute atomic E-state index is 0.00288. The van der Waals surface area contributed by atoms with Crippen molar-refractivity contribution in [3.05, 3.63) is 35.9 Å². The first kappa shape index (κ1) is 63.4. The topological polar surface area (TPSA) is 253 Å². The van der Waals surface area contributed by atoms with Crippen LogP contribution in [0.4, 0.5) is 0 Å². The Bertz CT molecular complexity index is 1740. The van der Waals surface area contributed by atoms with E-state index in [9.17, 15) is 10.2 Å². The van der Waals surface area contributed by atoms with Crippen molar-refractivity contribution in [2.75, 3.05) is 125 Å². The lowest BCUT2D eigenvalue weighted by Gasteiger charge is -2.52. The molecule has 0 radical (unpaired) electrons. The van der Waals surface area contributed by atoms with Crippen LogP contribution in [0.1, 0.15) is 12.5 Å². The summed E-state index contributed by atoms with van der Waals surface area (Å²) >= 11 is 0. The Morgan fingerprint density at radius 2 is 0.684 bits per heavy atom. The molecule has 0 spiro atoms. The van der Waals surface area contributed by atoms with Crippen molar-refractivity contribution in [2.24, 2.45) is 0 Å². The number of ether oxygens (including phenoxy) is 23. The van der Waals surface area contributed by atoms with E-state index in [1.54, 1.807) is 21.3 Å². The van der Waals surface area contributed by atoms with Gasteiger partial charge in [-0.15, -0.1) is 0 Å². The fraction of sp³-hybridized carbons (Fsp3) is 0.882. The van der Waals surface area contributed by atoms with Crippen LogP contribution in [-0.2, 0) is 116 Å². The maximum atomic E-state index is 10.9. The molecule has 2 N–H and O–H groups in total. The van der Waals surface area contributed by atoms with E-state index >= 15 is 0 Å². The van der Waals surface area contributed by atoms with E-state index in [4.69, 9.17) is 109 Å². The van der Waals surface area contributed by atoms with E-state index < -0.39 is 154 Å². The lowest BCUT2D eigenvalue weighted by atomic mass is 9.94. The number of hydrogen-bond acceptors (Lipinski definition) is 25. The van der Waals surface area contributed by atoms with E-state index in [-0.39, 0.29) is 32.5 Å². The molecule has 0 amide bonds. The summed E-state index contributed by atoms with van der Waals surface area (Å²) in [6.07, 6.45) is -22.4. The van der Waals surface area contributed by atoms with Gasteiger partial charge in [0.25, 0.3) is 0 Å². The van der Waals surface area contributed by atoms with Gasteiger partial charge in [-0.3, -0.25) is 0 Å². The highest BCUT2D eigenvalue weighted by atomic mass is 16.8. The van der Waals surface area contributed by atoms with Gasteiger partial charge in [-0.25, -0.2) is 0 Å². The summed E-state index contributed by atoms with van der Waals surface area (Å²) in [7, 11) is 19.7. The molecule has 10 unspecified atom stereocenters. The molecule has 25 heteroatoms. The molecule has 5 saturated heterocycles. The Balaban J connectivity index is 1.23. The minimum atomic E-state index is -1.21. The molecular weight excluding hydrogens is 1010 g/mol. The van der Waals surface area contributed by atoms with Crippen molar-refractivity contribution >= 4 is 0 Å². The average molecular weight is 1100 g/mol. The van der Waals surface area contributed by atoms with Crippen LogP contribution >= 0.6 is 0 Å². The Labute approximate surface area is 446 Å². The first-order valence-electron chi connectivity index (χ1n) is 25.5. The van der Waals surface area contributed by atoms with Crippen LogP contribution in [0, 0.1) is 0 Å². The van der Waals surface area contributed by atoms with Gasteiger partial charge in [0.05, 0.1) is 45.7 Å². The molecule has 0 aliphatic carbocycles. The molecule has 1 aromatic carbocycles. The van der Waals surface area contributed by atoms with Crippen molar-refractivity contribution < 1.29 is 119 Å². The molecule has 6 rings (SSSR count). The van der Waals surface area contributed by atoms with Gasteiger partial charge in [-0.05, 0) is 12.5 Å². The van der Waals surface area contributed by atoms with E-state index in [0.717, 1.165) is 5.56 Å². The van der Waals surface area contributed by atoms with Gasteiger partial charge in [-0.1, -0.05) is 30.3 Å². The summed E-state index contributed by atoms with van der Waals surface area (Å²) in [4.78, 5) is 0. The predicted octanol–water partition coefficient (Wildman–Crippen LogP) is -0.127. The smallest absolute Gasteiger partial charge is 0.187 e. The Morgan fingerprint density at radius 3 is 1.01 bits per heavy atom. The number of methoxy groups -OCH3 is 13. The summed E-state index contributed by atoms with van der Waals surface area (Å²) in [6.45, 7) is 1.95. The molecular formula is C51H86O25. The van der Waals surface area contributed by atoms with E-state index in [1.807, 2.05) is 37.3 Å². The quantitative estimate of drug-likeness (QED) is 0.106. The molecule has 0 aromatic heterocycles. The molecule has 5 aliphatic heterocycles. The maximum absolute atomic E-state index is 10.9. The van der Waals surface area contributed by atoms with Gasteiger partial charge in [0.2, 0.25) is 0 Å². The Hall–Kier alpha value is -1.78. The summed E-state index contributed by atoms with van der Waals surface area (Å²) in [5.41, 5.74) is 1.00. The van der Waals surface area contributed by atoms with Crippen LogP contribution in [0.25, 0.3) is 0 Å². The Kier molecular flexibility index (Phi) is 26.2. The van der Waals surface area contributed by atoms with Gasteiger partial charge in [0, 0.05) is 92.4 Å². The second-order valence-electron chi connectivity index (χ2n) is 19.0. The third kappa shape index (κ3) is 14.4. The van der Waals surface area contributed by atoms with Crippen molar-refractivity contribution in [1.82, 2.24) is 0 Å². The molecule has 0 saturated carbocycles. The van der Waals surface area contributed by atoms with Gasteiger partial charge in [0.15, 0.2) is 25.2 Å². The number of aliphatic hydroxyl groups excluding tert-OH is 2. The summed E-state index contributed by atoms with van der Waals surface area (Å²) in [6, 6.07) is 9.83. The van der Waals surface area contributed by atoms with E-state index in [0.29, 0.717) is 6.61 Å². The average Bonchev–Trinajstić information content (AvgIpc) is 3.43. The van der Waals surface area contributed by atoms with Crippen molar-refractivity contribution in [3.8, 4) is 0 Å². The molecule has 5 fully saturated rings. The first-order valence-corrected chi connectivity index (χ1v) is 25.5. The van der Waals surface area contributed by atoms with Gasteiger partial charge in [-0.2, -0.15) is 0 Å². The molecule has 25 atom stereocenters. The largest absolute Gasteiger partial charge is 0.394 e. The third-order valence-electron chi connectivity index (χ3n) is 14.7. The maximum Gasteiger partial charge on any atom is 0.187 e. The SMILES string of the molecule is COCC1O[C@@H](O[C@H]2C(OC)C(OC)[C@H](O[C@H]3C(OC)C(OC)[C@H](O[C@@H]4C(COCc5ccccc5)O[C@@H](C)C(OC)[C@H]4OC)O[C@H]3COC)O[C@H]2COC)C(OC)[C@@H](OC)[C@@H]1O[C@H]1OC(CO)[C@@H](O)[C@H](OC)C1OC. The monoisotopic (exact) mass is 1100 g/mol. The molecule has 25 nitrogen and oxygen atoms in total. The number of rotatable bonds is 29. The molecule has 5 aliphatic rings. The van der Waals surface area contributed by atoms with E-state index in [2.05, 4.69) is 0 Å². The number of benzene rings is 1. The van der Waals surface area contributed by atoms with Crippen LogP contribution in [0.2, 0.25) is 0 Å². The van der Waals surface area contributed by atoms with Crippen LogP contribution in [-0.4, -0.2) is 289 Å². The van der Waals surface area contributed by atoms with Gasteiger partial charge >= 0.3 is 0 Å². The van der Waals surface area contributed by atoms with Crippen LogP contribution < -0.4 is 0 Å². The van der Waals surface area contributed by atoms with Crippen molar-refractivity contribution in [1.29, 1.82) is 0 Å².